The molecular formula is C14H24N4O2S. The summed E-state index contributed by atoms with van der Waals surface area (Å²) in [7, 11) is -1.78. The summed E-state index contributed by atoms with van der Waals surface area (Å²) in [5.41, 5.74) is 0.656. The molecule has 1 N–H and O–H groups in total. The molecule has 118 valence electrons. The van der Waals surface area contributed by atoms with Crippen LogP contribution in [0.25, 0.3) is 0 Å². The summed E-state index contributed by atoms with van der Waals surface area (Å²) < 4.78 is 27.1. The van der Waals surface area contributed by atoms with Crippen molar-refractivity contribution >= 4 is 15.7 Å². The van der Waals surface area contributed by atoms with Gasteiger partial charge in [-0.1, -0.05) is 0 Å². The van der Waals surface area contributed by atoms with Gasteiger partial charge in [0, 0.05) is 51.2 Å². The number of piperazine rings is 1. The molecule has 21 heavy (non-hydrogen) atoms. The molecule has 1 saturated heterocycles. The SMILES string of the molecule is CNc1ccncc1S(=O)(=O)N1CCN(C(C)(C)C)CC1. The lowest BCUT2D eigenvalue weighted by atomic mass is 10.1. The Kier molecular flexibility index (Phi) is 4.55. The van der Waals surface area contributed by atoms with E-state index >= 15 is 0 Å². The van der Waals surface area contributed by atoms with Crippen LogP contribution < -0.4 is 5.32 Å². The monoisotopic (exact) mass is 312 g/mol. The summed E-state index contributed by atoms with van der Waals surface area (Å²) in [5.74, 6) is 0. The highest BCUT2D eigenvalue weighted by Crippen LogP contribution is 2.25. The Balaban J connectivity index is 2.19. The highest BCUT2D eigenvalue weighted by Gasteiger charge is 2.33. The average Bonchev–Trinajstić information content (AvgIpc) is 2.46. The van der Waals surface area contributed by atoms with Crippen LogP contribution in [0.15, 0.2) is 23.4 Å². The number of nitrogens with one attached hydrogen (secondary N) is 1. The van der Waals surface area contributed by atoms with E-state index in [9.17, 15) is 8.42 Å². The van der Waals surface area contributed by atoms with Crippen molar-refractivity contribution in [3.63, 3.8) is 0 Å². The maximum atomic E-state index is 12.8. The summed E-state index contributed by atoms with van der Waals surface area (Å²) in [6.45, 7) is 8.97. The van der Waals surface area contributed by atoms with E-state index in [1.807, 2.05) is 0 Å². The lowest BCUT2D eigenvalue weighted by molar-refractivity contribution is 0.0922. The van der Waals surface area contributed by atoms with Crippen LogP contribution in [0.3, 0.4) is 0 Å². The average molecular weight is 312 g/mol. The molecule has 0 radical (unpaired) electrons. The van der Waals surface area contributed by atoms with E-state index in [-0.39, 0.29) is 10.4 Å². The van der Waals surface area contributed by atoms with E-state index in [2.05, 4.69) is 36.0 Å². The molecule has 7 heteroatoms. The summed E-state index contributed by atoms with van der Waals surface area (Å²) in [5, 5.41) is 2.92. The summed E-state index contributed by atoms with van der Waals surface area (Å²) in [4.78, 5) is 6.51. The fraction of sp³-hybridized carbons (Fsp3) is 0.643. The Morgan fingerprint density at radius 3 is 2.33 bits per heavy atom. The first kappa shape index (κ1) is 16.2. The molecule has 0 atom stereocenters. The Morgan fingerprint density at radius 1 is 1.19 bits per heavy atom. The van der Waals surface area contributed by atoms with Gasteiger partial charge in [-0.05, 0) is 26.8 Å². The molecule has 0 saturated carbocycles. The quantitative estimate of drug-likeness (QED) is 0.909. The fourth-order valence-corrected chi connectivity index (χ4v) is 4.09. The molecular weight excluding hydrogens is 288 g/mol. The highest BCUT2D eigenvalue weighted by molar-refractivity contribution is 7.89. The number of hydrogen-bond donors (Lipinski definition) is 1. The van der Waals surface area contributed by atoms with E-state index in [0.717, 1.165) is 13.1 Å². The van der Waals surface area contributed by atoms with Crippen molar-refractivity contribution in [2.45, 2.75) is 31.2 Å². The maximum absolute atomic E-state index is 12.8. The third-order valence-electron chi connectivity index (χ3n) is 3.86. The van der Waals surface area contributed by atoms with Crippen molar-refractivity contribution < 1.29 is 8.42 Å². The van der Waals surface area contributed by atoms with Crippen molar-refractivity contribution in [2.24, 2.45) is 0 Å². The van der Waals surface area contributed by atoms with Gasteiger partial charge in [0.05, 0.1) is 5.69 Å². The van der Waals surface area contributed by atoms with Crippen LogP contribution in [0.1, 0.15) is 20.8 Å². The topological polar surface area (TPSA) is 65.5 Å². The summed E-state index contributed by atoms with van der Waals surface area (Å²) in [6, 6.07) is 1.68. The van der Waals surface area contributed by atoms with Crippen molar-refractivity contribution in [3.8, 4) is 0 Å². The van der Waals surface area contributed by atoms with Crippen LogP contribution in [0.2, 0.25) is 0 Å². The number of pyridine rings is 1. The fourth-order valence-electron chi connectivity index (χ4n) is 2.53. The largest absolute Gasteiger partial charge is 0.387 e. The second-order valence-corrected chi connectivity index (χ2v) is 8.09. The van der Waals surface area contributed by atoms with Crippen molar-refractivity contribution in [3.05, 3.63) is 18.5 Å². The zero-order valence-electron chi connectivity index (χ0n) is 13.1. The Hall–Kier alpha value is -1.18. The van der Waals surface area contributed by atoms with Gasteiger partial charge in [0.15, 0.2) is 0 Å². The number of rotatable bonds is 3. The molecule has 1 aromatic heterocycles. The molecule has 1 aliphatic rings. The van der Waals surface area contributed by atoms with Crippen LogP contribution in [0.4, 0.5) is 5.69 Å². The Labute approximate surface area is 127 Å². The number of hydrogen-bond acceptors (Lipinski definition) is 5. The van der Waals surface area contributed by atoms with Crippen molar-refractivity contribution in [1.29, 1.82) is 0 Å². The zero-order chi connectivity index (χ0) is 15.7. The third kappa shape index (κ3) is 3.36. The van der Waals surface area contributed by atoms with Crippen LogP contribution >= 0.6 is 0 Å². The third-order valence-corrected chi connectivity index (χ3v) is 5.79. The number of nitrogens with zero attached hydrogens (tertiary/aromatic N) is 3. The molecule has 6 nitrogen and oxygen atoms in total. The lowest BCUT2D eigenvalue weighted by Gasteiger charge is -2.41. The molecule has 0 aromatic carbocycles. The van der Waals surface area contributed by atoms with Crippen LogP contribution in [0, 0.1) is 0 Å². The van der Waals surface area contributed by atoms with E-state index in [0.29, 0.717) is 18.8 Å². The summed E-state index contributed by atoms with van der Waals surface area (Å²) >= 11 is 0. The van der Waals surface area contributed by atoms with E-state index in [1.54, 1.807) is 23.6 Å². The van der Waals surface area contributed by atoms with E-state index in [4.69, 9.17) is 0 Å². The van der Waals surface area contributed by atoms with Crippen LogP contribution in [-0.2, 0) is 10.0 Å². The first-order valence-corrected chi connectivity index (χ1v) is 8.58. The van der Waals surface area contributed by atoms with E-state index in [1.165, 1.54) is 6.20 Å². The first-order valence-electron chi connectivity index (χ1n) is 7.14. The van der Waals surface area contributed by atoms with Gasteiger partial charge < -0.3 is 5.32 Å². The minimum absolute atomic E-state index is 0.0697. The van der Waals surface area contributed by atoms with Gasteiger partial charge in [-0.3, -0.25) is 9.88 Å². The van der Waals surface area contributed by atoms with Crippen molar-refractivity contribution in [1.82, 2.24) is 14.2 Å². The number of aromatic nitrogens is 1. The number of sulfonamides is 1. The predicted octanol–water partition coefficient (Wildman–Crippen LogP) is 1.23. The number of anilines is 1. The van der Waals surface area contributed by atoms with Gasteiger partial charge in [0.25, 0.3) is 0 Å². The van der Waals surface area contributed by atoms with Crippen LogP contribution in [0.5, 0.6) is 0 Å². The lowest BCUT2D eigenvalue weighted by Crippen LogP contribution is -2.54. The molecule has 0 aliphatic carbocycles. The van der Waals surface area contributed by atoms with Gasteiger partial charge >= 0.3 is 0 Å². The molecule has 0 bridgehead atoms. The first-order chi connectivity index (χ1) is 9.76. The second kappa shape index (κ2) is 5.90. The molecule has 1 fully saturated rings. The molecule has 1 aliphatic heterocycles. The molecule has 1 aromatic rings. The smallest absolute Gasteiger partial charge is 0.246 e. The zero-order valence-corrected chi connectivity index (χ0v) is 13.9. The standard InChI is InChI=1S/C14H24N4O2S/c1-14(2,3)17-7-9-18(10-8-17)21(19,20)13-11-16-6-5-12(13)15-4/h5-6,11H,7-10H2,1-4H3,(H,15,16). The molecule has 2 rings (SSSR count). The van der Waals surface area contributed by atoms with Gasteiger partial charge in [-0.25, -0.2) is 8.42 Å². The molecule has 2 heterocycles. The minimum atomic E-state index is -3.49. The minimum Gasteiger partial charge on any atom is -0.387 e. The van der Waals surface area contributed by atoms with Crippen molar-refractivity contribution in [2.75, 3.05) is 38.5 Å². The van der Waals surface area contributed by atoms with Crippen LogP contribution in [-0.4, -0.2) is 61.4 Å². The van der Waals surface area contributed by atoms with Gasteiger partial charge in [0.2, 0.25) is 10.0 Å². The summed E-state index contributed by atoms with van der Waals surface area (Å²) in [6.07, 6.45) is 3.00. The molecule has 0 amide bonds. The Morgan fingerprint density at radius 2 is 1.81 bits per heavy atom. The highest BCUT2D eigenvalue weighted by atomic mass is 32.2. The predicted molar refractivity (Wildman–Crippen MR) is 83.9 cm³/mol. The van der Waals surface area contributed by atoms with Gasteiger partial charge in [-0.15, -0.1) is 0 Å². The Bertz CT molecular complexity index is 587. The molecule has 0 unspecified atom stereocenters. The maximum Gasteiger partial charge on any atom is 0.246 e. The molecule has 0 spiro atoms. The van der Waals surface area contributed by atoms with Gasteiger partial charge in [0.1, 0.15) is 4.90 Å². The normalized spacial score (nSPS) is 18.7. The van der Waals surface area contributed by atoms with E-state index < -0.39 is 10.0 Å². The second-order valence-electron chi connectivity index (χ2n) is 6.18. The van der Waals surface area contributed by atoms with Gasteiger partial charge in [-0.2, -0.15) is 4.31 Å².